The summed E-state index contributed by atoms with van der Waals surface area (Å²) < 4.78 is 5.61. The molecule has 1 aromatic rings. The summed E-state index contributed by atoms with van der Waals surface area (Å²) in [6.45, 7) is 8.77. The van der Waals surface area contributed by atoms with E-state index in [-0.39, 0.29) is 17.4 Å². The van der Waals surface area contributed by atoms with E-state index in [0.29, 0.717) is 24.5 Å². The largest absolute Gasteiger partial charge is 0.491 e. The fourth-order valence-corrected chi connectivity index (χ4v) is 1.61. The van der Waals surface area contributed by atoms with Crippen LogP contribution in [0.15, 0.2) is 24.3 Å². The molecule has 0 heterocycles. The van der Waals surface area contributed by atoms with Crippen LogP contribution in [-0.4, -0.2) is 18.6 Å². The second-order valence-corrected chi connectivity index (χ2v) is 6.07. The standard InChI is InChI=1S/C16H26N2O2/c1-5-10-20-13-9-7-6-8-12(13)18-15(19)11-14(17)16(2,3)4/h6-9,14H,5,10-11,17H2,1-4H3,(H,18,19). The van der Waals surface area contributed by atoms with E-state index in [1.807, 2.05) is 52.0 Å². The Morgan fingerprint density at radius 2 is 2.00 bits per heavy atom. The number of anilines is 1. The third-order valence-corrected chi connectivity index (χ3v) is 3.14. The first kappa shape index (κ1) is 16.5. The van der Waals surface area contributed by atoms with Gasteiger partial charge in [0.1, 0.15) is 5.75 Å². The molecule has 0 saturated heterocycles. The summed E-state index contributed by atoms with van der Waals surface area (Å²) in [4.78, 5) is 12.0. The molecule has 1 atom stereocenters. The van der Waals surface area contributed by atoms with Crippen LogP contribution in [0.2, 0.25) is 0 Å². The van der Waals surface area contributed by atoms with Gasteiger partial charge in [-0.15, -0.1) is 0 Å². The third kappa shape index (κ3) is 5.21. The number of nitrogens with one attached hydrogen (secondary N) is 1. The Hall–Kier alpha value is -1.55. The summed E-state index contributed by atoms with van der Waals surface area (Å²) in [5.41, 5.74) is 6.64. The van der Waals surface area contributed by atoms with E-state index in [2.05, 4.69) is 5.32 Å². The predicted octanol–water partition coefficient (Wildman–Crippen LogP) is 3.18. The third-order valence-electron chi connectivity index (χ3n) is 3.14. The Morgan fingerprint density at radius 3 is 2.60 bits per heavy atom. The van der Waals surface area contributed by atoms with Gasteiger partial charge in [-0.3, -0.25) is 4.79 Å². The number of rotatable bonds is 6. The molecule has 1 amide bonds. The Bertz CT molecular complexity index is 438. The average molecular weight is 278 g/mol. The summed E-state index contributed by atoms with van der Waals surface area (Å²) in [6, 6.07) is 7.28. The van der Waals surface area contributed by atoms with Crippen molar-refractivity contribution in [3.63, 3.8) is 0 Å². The van der Waals surface area contributed by atoms with Crippen LogP contribution in [-0.2, 0) is 4.79 Å². The van der Waals surface area contributed by atoms with Crippen LogP contribution in [0.25, 0.3) is 0 Å². The molecule has 0 aliphatic carbocycles. The number of carbonyl (C=O) groups is 1. The normalized spacial score (nSPS) is 12.8. The number of benzene rings is 1. The number of para-hydroxylation sites is 2. The second kappa shape index (κ2) is 7.29. The first-order valence-electron chi connectivity index (χ1n) is 7.12. The van der Waals surface area contributed by atoms with E-state index in [9.17, 15) is 4.79 Å². The number of ether oxygens (including phenoxy) is 1. The molecule has 0 saturated carbocycles. The maximum atomic E-state index is 12.0. The SMILES string of the molecule is CCCOc1ccccc1NC(=O)CC(N)C(C)(C)C. The highest BCUT2D eigenvalue weighted by molar-refractivity contribution is 5.92. The number of hydrogen-bond donors (Lipinski definition) is 2. The summed E-state index contributed by atoms with van der Waals surface area (Å²) in [5, 5.41) is 2.88. The molecule has 0 aliphatic rings. The summed E-state index contributed by atoms with van der Waals surface area (Å²) in [7, 11) is 0. The highest BCUT2D eigenvalue weighted by atomic mass is 16.5. The van der Waals surface area contributed by atoms with Gasteiger partial charge >= 0.3 is 0 Å². The van der Waals surface area contributed by atoms with E-state index in [1.54, 1.807) is 0 Å². The van der Waals surface area contributed by atoms with Crippen molar-refractivity contribution in [2.24, 2.45) is 11.1 Å². The molecule has 0 aliphatic heterocycles. The van der Waals surface area contributed by atoms with E-state index in [0.717, 1.165) is 6.42 Å². The second-order valence-electron chi connectivity index (χ2n) is 6.07. The summed E-state index contributed by atoms with van der Waals surface area (Å²) in [6.07, 6.45) is 1.22. The molecule has 1 unspecified atom stereocenters. The minimum Gasteiger partial charge on any atom is -0.491 e. The number of nitrogens with two attached hydrogens (primary N) is 1. The Morgan fingerprint density at radius 1 is 1.35 bits per heavy atom. The Kier molecular flexibility index (Phi) is 6.02. The molecular weight excluding hydrogens is 252 g/mol. The Balaban J connectivity index is 2.66. The van der Waals surface area contributed by atoms with Crippen molar-refractivity contribution in [2.75, 3.05) is 11.9 Å². The Labute approximate surface area is 121 Å². The maximum absolute atomic E-state index is 12.0. The molecule has 1 aromatic carbocycles. The molecule has 20 heavy (non-hydrogen) atoms. The maximum Gasteiger partial charge on any atom is 0.226 e. The molecule has 0 aromatic heterocycles. The lowest BCUT2D eigenvalue weighted by Crippen LogP contribution is -2.38. The van der Waals surface area contributed by atoms with Crippen molar-refractivity contribution in [1.29, 1.82) is 0 Å². The zero-order chi connectivity index (χ0) is 15.2. The fourth-order valence-electron chi connectivity index (χ4n) is 1.61. The number of hydrogen-bond acceptors (Lipinski definition) is 3. The monoisotopic (exact) mass is 278 g/mol. The van der Waals surface area contributed by atoms with Crippen LogP contribution in [0.5, 0.6) is 5.75 Å². The summed E-state index contributed by atoms with van der Waals surface area (Å²) in [5.74, 6) is 0.618. The molecule has 0 fully saturated rings. The van der Waals surface area contributed by atoms with E-state index < -0.39 is 0 Å². The minimum atomic E-state index is -0.175. The zero-order valence-corrected chi connectivity index (χ0v) is 12.9. The van der Waals surface area contributed by atoms with Crippen LogP contribution < -0.4 is 15.8 Å². The van der Waals surface area contributed by atoms with E-state index in [1.165, 1.54) is 0 Å². The van der Waals surface area contributed by atoms with Crippen molar-refractivity contribution < 1.29 is 9.53 Å². The fraction of sp³-hybridized carbons (Fsp3) is 0.562. The summed E-state index contributed by atoms with van der Waals surface area (Å²) >= 11 is 0. The van der Waals surface area contributed by atoms with Crippen LogP contribution in [0.4, 0.5) is 5.69 Å². The lowest BCUT2D eigenvalue weighted by molar-refractivity contribution is -0.117. The van der Waals surface area contributed by atoms with Crippen LogP contribution in [0.3, 0.4) is 0 Å². The lowest BCUT2D eigenvalue weighted by Gasteiger charge is -2.26. The zero-order valence-electron chi connectivity index (χ0n) is 12.9. The van der Waals surface area contributed by atoms with Gasteiger partial charge in [0.25, 0.3) is 0 Å². The van der Waals surface area contributed by atoms with Gasteiger partial charge in [0.05, 0.1) is 12.3 Å². The molecule has 0 spiro atoms. The lowest BCUT2D eigenvalue weighted by atomic mass is 9.85. The number of carbonyl (C=O) groups excluding carboxylic acids is 1. The van der Waals surface area contributed by atoms with Crippen molar-refractivity contribution in [1.82, 2.24) is 0 Å². The quantitative estimate of drug-likeness (QED) is 0.840. The van der Waals surface area contributed by atoms with E-state index in [4.69, 9.17) is 10.5 Å². The van der Waals surface area contributed by atoms with Crippen molar-refractivity contribution in [2.45, 2.75) is 46.6 Å². The van der Waals surface area contributed by atoms with Crippen LogP contribution in [0, 0.1) is 5.41 Å². The van der Waals surface area contributed by atoms with Gasteiger partial charge in [0.15, 0.2) is 0 Å². The highest BCUT2D eigenvalue weighted by Gasteiger charge is 2.23. The smallest absolute Gasteiger partial charge is 0.226 e. The van der Waals surface area contributed by atoms with Gasteiger partial charge in [0.2, 0.25) is 5.91 Å². The number of amides is 1. The van der Waals surface area contributed by atoms with Crippen molar-refractivity contribution in [3.8, 4) is 5.75 Å². The van der Waals surface area contributed by atoms with Gasteiger partial charge in [-0.05, 0) is 24.0 Å². The predicted molar refractivity (Wildman–Crippen MR) is 82.9 cm³/mol. The van der Waals surface area contributed by atoms with Gasteiger partial charge in [-0.25, -0.2) is 0 Å². The van der Waals surface area contributed by atoms with Crippen LogP contribution in [0.1, 0.15) is 40.5 Å². The van der Waals surface area contributed by atoms with Gasteiger partial charge in [-0.2, -0.15) is 0 Å². The van der Waals surface area contributed by atoms with Crippen LogP contribution >= 0.6 is 0 Å². The van der Waals surface area contributed by atoms with E-state index >= 15 is 0 Å². The van der Waals surface area contributed by atoms with Gasteiger partial charge < -0.3 is 15.8 Å². The van der Waals surface area contributed by atoms with Crippen molar-refractivity contribution in [3.05, 3.63) is 24.3 Å². The van der Waals surface area contributed by atoms with Gasteiger partial charge in [-0.1, -0.05) is 39.8 Å². The molecule has 112 valence electrons. The van der Waals surface area contributed by atoms with Gasteiger partial charge in [0, 0.05) is 12.5 Å². The minimum absolute atomic E-state index is 0.0834. The molecule has 4 nitrogen and oxygen atoms in total. The first-order chi connectivity index (χ1) is 9.34. The molecule has 1 rings (SSSR count). The molecule has 3 N–H and O–H groups in total. The molecular formula is C16H26N2O2. The molecule has 0 bridgehead atoms. The first-order valence-corrected chi connectivity index (χ1v) is 7.12. The molecule has 0 radical (unpaired) electrons. The topological polar surface area (TPSA) is 64.3 Å². The van der Waals surface area contributed by atoms with Crippen molar-refractivity contribution >= 4 is 11.6 Å². The average Bonchev–Trinajstić information content (AvgIpc) is 2.36. The molecule has 4 heteroatoms. The highest BCUT2D eigenvalue weighted by Crippen LogP contribution is 2.25.